The molecular formula is C15H19ClN6O. The van der Waals surface area contributed by atoms with E-state index in [1.807, 2.05) is 0 Å². The summed E-state index contributed by atoms with van der Waals surface area (Å²) in [5.41, 5.74) is 17.7. The van der Waals surface area contributed by atoms with Crippen molar-refractivity contribution in [3.05, 3.63) is 28.8 Å². The summed E-state index contributed by atoms with van der Waals surface area (Å²) in [5, 5.41) is 0.453. The van der Waals surface area contributed by atoms with Crippen molar-refractivity contribution in [2.75, 3.05) is 4.90 Å². The van der Waals surface area contributed by atoms with Crippen molar-refractivity contribution >= 4 is 35.1 Å². The Bertz CT molecular complexity index is 708. The molecule has 0 radical (unpaired) electrons. The molecule has 0 bridgehead atoms. The Morgan fingerprint density at radius 2 is 1.91 bits per heavy atom. The number of hydrogen-bond acceptors (Lipinski definition) is 6. The number of anilines is 1. The lowest BCUT2D eigenvalue weighted by Gasteiger charge is -2.45. The van der Waals surface area contributed by atoms with Crippen LogP contribution in [0.25, 0.3) is 0 Å². The molecule has 1 aliphatic carbocycles. The molecule has 1 amide bonds. The van der Waals surface area contributed by atoms with E-state index >= 15 is 0 Å². The summed E-state index contributed by atoms with van der Waals surface area (Å²) in [4.78, 5) is 21.9. The Balaban J connectivity index is 2.14. The van der Waals surface area contributed by atoms with Gasteiger partial charge in [-0.05, 0) is 43.9 Å². The number of halogens is 1. The van der Waals surface area contributed by atoms with Gasteiger partial charge in [0.05, 0.1) is 10.7 Å². The predicted molar refractivity (Wildman–Crippen MR) is 91.5 cm³/mol. The van der Waals surface area contributed by atoms with Crippen LogP contribution in [0.3, 0.4) is 0 Å². The quantitative estimate of drug-likeness (QED) is 0.759. The number of nitrogens with two attached hydrogens (primary N) is 3. The third-order valence-electron chi connectivity index (χ3n) is 4.32. The molecule has 6 N–H and O–H groups in total. The molecule has 1 saturated carbocycles. The second-order valence-corrected chi connectivity index (χ2v) is 6.26. The number of hydrogen-bond donors (Lipinski definition) is 3. The third kappa shape index (κ3) is 2.72. The number of primary amides is 1. The number of guanidine groups is 2. The van der Waals surface area contributed by atoms with E-state index in [1.54, 1.807) is 23.1 Å². The van der Waals surface area contributed by atoms with Gasteiger partial charge in [-0.2, -0.15) is 4.99 Å². The van der Waals surface area contributed by atoms with Crippen LogP contribution in [0.2, 0.25) is 5.02 Å². The van der Waals surface area contributed by atoms with Gasteiger partial charge < -0.3 is 17.2 Å². The van der Waals surface area contributed by atoms with Gasteiger partial charge in [0, 0.05) is 5.56 Å². The van der Waals surface area contributed by atoms with E-state index in [4.69, 9.17) is 28.8 Å². The molecule has 0 atom stereocenters. The molecule has 1 spiro atoms. The monoisotopic (exact) mass is 334 g/mol. The largest absolute Gasteiger partial charge is 0.369 e. The van der Waals surface area contributed by atoms with Gasteiger partial charge in [-0.3, -0.25) is 9.69 Å². The molecule has 1 aromatic carbocycles. The maximum Gasteiger partial charge on any atom is 0.248 e. The first kappa shape index (κ1) is 15.6. The van der Waals surface area contributed by atoms with Crippen LogP contribution in [-0.2, 0) is 0 Å². The second kappa shape index (κ2) is 5.73. The molecule has 7 nitrogen and oxygen atoms in total. The molecule has 8 heteroatoms. The van der Waals surface area contributed by atoms with Crippen LogP contribution >= 0.6 is 11.6 Å². The number of nitrogens with zero attached hydrogens (tertiary/aromatic N) is 3. The Morgan fingerprint density at radius 1 is 1.22 bits per heavy atom. The van der Waals surface area contributed by atoms with Crippen molar-refractivity contribution in [1.29, 1.82) is 0 Å². The lowest BCUT2D eigenvalue weighted by molar-refractivity contribution is 0.100. The first-order valence-corrected chi connectivity index (χ1v) is 7.90. The number of carbonyl (C=O) groups excluding carboxylic acids is 1. The van der Waals surface area contributed by atoms with E-state index in [1.165, 1.54) is 0 Å². The molecule has 0 aromatic heterocycles. The van der Waals surface area contributed by atoms with Crippen molar-refractivity contribution < 1.29 is 4.79 Å². The fourth-order valence-electron chi connectivity index (χ4n) is 3.31. The third-order valence-corrected chi connectivity index (χ3v) is 4.64. The van der Waals surface area contributed by atoms with Gasteiger partial charge in [0.2, 0.25) is 17.8 Å². The summed E-state index contributed by atoms with van der Waals surface area (Å²) in [5.74, 6) is -0.137. The van der Waals surface area contributed by atoms with Crippen molar-refractivity contribution in [2.45, 2.75) is 37.8 Å². The van der Waals surface area contributed by atoms with Crippen LogP contribution < -0.4 is 22.1 Å². The van der Waals surface area contributed by atoms with E-state index in [0.29, 0.717) is 16.3 Å². The van der Waals surface area contributed by atoms with Crippen LogP contribution in [0.4, 0.5) is 5.69 Å². The Labute approximate surface area is 139 Å². The van der Waals surface area contributed by atoms with Crippen LogP contribution in [0, 0.1) is 0 Å². The van der Waals surface area contributed by atoms with Gasteiger partial charge in [-0.1, -0.05) is 18.0 Å². The molecule has 1 aromatic rings. The maximum atomic E-state index is 11.5. The van der Waals surface area contributed by atoms with E-state index in [-0.39, 0.29) is 11.9 Å². The fourth-order valence-corrected chi connectivity index (χ4v) is 3.51. The highest BCUT2D eigenvalue weighted by Gasteiger charge is 2.43. The molecule has 23 heavy (non-hydrogen) atoms. The standard InChI is InChI=1S/C15H19ClN6O/c16-10-5-4-9(12(17)23)8-11(10)22-14(19)20-13(18)21-15(22)6-2-1-3-7-15/h4-5,8H,1-3,6-7H2,(H2,17,23)(H4,18,19,20,21). The summed E-state index contributed by atoms with van der Waals surface area (Å²) in [7, 11) is 0. The van der Waals surface area contributed by atoms with Gasteiger partial charge in [-0.25, -0.2) is 4.99 Å². The molecule has 2 aliphatic rings. The lowest BCUT2D eigenvalue weighted by Crippen LogP contribution is -2.58. The van der Waals surface area contributed by atoms with Gasteiger partial charge in [0.25, 0.3) is 0 Å². The normalized spacial score (nSPS) is 20.1. The Hall–Kier alpha value is -2.28. The highest BCUT2D eigenvalue weighted by molar-refractivity contribution is 6.34. The van der Waals surface area contributed by atoms with E-state index in [2.05, 4.69) is 9.98 Å². The van der Waals surface area contributed by atoms with Crippen LogP contribution in [-0.4, -0.2) is 23.5 Å². The average molecular weight is 335 g/mol. The van der Waals surface area contributed by atoms with Gasteiger partial charge in [0.1, 0.15) is 5.66 Å². The highest BCUT2D eigenvalue weighted by Crippen LogP contribution is 2.41. The molecule has 3 rings (SSSR count). The zero-order valence-corrected chi connectivity index (χ0v) is 13.4. The van der Waals surface area contributed by atoms with E-state index in [0.717, 1.165) is 32.1 Å². The summed E-state index contributed by atoms with van der Waals surface area (Å²) in [6.45, 7) is 0. The number of benzene rings is 1. The molecule has 122 valence electrons. The van der Waals surface area contributed by atoms with Gasteiger partial charge >= 0.3 is 0 Å². The maximum absolute atomic E-state index is 11.5. The molecule has 1 heterocycles. The number of amides is 1. The average Bonchev–Trinajstić information content (AvgIpc) is 2.48. The molecule has 1 fully saturated rings. The van der Waals surface area contributed by atoms with E-state index < -0.39 is 11.6 Å². The number of aliphatic imine (C=N–C) groups is 2. The minimum absolute atomic E-state index is 0.169. The summed E-state index contributed by atoms with van der Waals surface area (Å²) in [6.07, 6.45) is 4.74. The fraction of sp³-hybridized carbons (Fsp3) is 0.400. The zero-order chi connectivity index (χ0) is 16.6. The predicted octanol–water partition coefficient (Wildman–Crippen LogP) is 1.55. The first-order valence-electron chi connectivity index (χ1n) is 7.52. The lowest BCUT2D eigenvalue weighted by atomic mass is 9.87. The number of rotatable bonds is 2. The molecular weight excluding hydrogens is 316 g/mol. The Morgan fingerprint density at radius 3 is 2.57 bits per heavy atom. The second-order valence-electron chi connectivity index (χ2n) is 5.85. The minimum Gasteiger partial charge on any atom is -0.369 e. The van der Waals surface area contributed by atoms with Crippen LogP contribution in [0.15, 0.2) is 28.2 Å². The molecule has 0 saturated heterocycles. The number of carbonyl (C=O) groups is 1. The zero-order valence-electron chi connectivity index (χ0n) is 12.6. The molecule has 1 aliphatic heterocycles. The van der Waals surface area contributed by atoms with Crippen molar-refractivity contribution in [2.24, 2.45) is 27.2 Å². The first-order chi connectivity index (χ1) is 10.9. The van der Waals surface area contributed by atoms with Crippen LogP contribution in [0.5, 0.6) is 0 Å². The van der Waals surface area contributed by atoms with Crippen LogP contribution in [0.1, 0.15) is 42.5 Å². The minimum atomic E-state index is -0.603. The van der Waals surface area contributed by atoms with Crippen molar-refractivity contribution in [3.63, 3.8) is 0 Å². The highest BCUT2D eigenvalue weighted by atomic mass is 35.5. The topological polar surface area (TPSA) is 123 Å². The Kier molecular flexibility index (Phi) is 3.89. The van der Waals surface area contributed by atoms with Crippen molar-refractivity contribution in [1.82, 2.24) is 0 Å². The van der Waals surface area contributed by atoms with E-state index in [9.17, 15) is 4.79 Å². The summed E-state index contributed by atoms with van der Waals surface area (Å²) >= 11 is 6.35. The SMILES string of the molecule is NC(=O)c1ccc(Cl)c(N2C(N)=NC(N)=NC23CCCCC3)c1. The van der Waals surface area contributed by atoms with Gasteiger partial charge in [0.15, 0.2) is 0 Å². The smallest absolute Gasteiger partial charge is 0.248 e. The van der Waals surface area contributed by atoms with Crippen molar-refractivity contribution in [3.8, 4) is 0 Å². The summed E-state index contributed by atoms with van der Waals surface area (Å²) in [6, 6.07) is 4.83. The summed E-state index contributed by atoms with van der Waals surface area (Å²) < 4.78 is 0. The molecule has 0 unspecified atom stereocenters. The van der Waals surface area contributed by atoms with Gasteiger partial charge in [-0.15, -0.1) is 0 Å².